The van der Waals surface area contributed by atoms with Crippen molar-refractivity contribution in [1.29, 1.82) is 0 Å². The number of amidine groups is 1. The summed E-state index contributed by atoms with van der Waals surface area (Å²) in [5, 5.41) is 0. The fourth-order valence-corrected chi connectivity index (χ4v) is 3.03. The van der Waals surface area contributed by atoms with Crippen LogP contribution in [0.2, 0.25) is 0 Å². The first-order chi connectivity index (χ1) is 13.1. The van der Waals surface area contributed by atoms with Crippen LogP contribution in [-0.4, -0.2) is 36.1 Å². The largest absolute Gasteiger partial charge is 0.466 e. The standard InChI is InChI=1S/C22H37N3O2/c1-5-13-20(23-16-6-2)25(22-19(4)14-12-17-24-22)18-11-9-8-10-15-21(26)27-7-3/h12-13,16-17,19H,5-11,14-15,18H2,1-4H3/b20-13+,23-16?. The van der Waals surface area contributed by atoms with Gasteiger partial charge in [0, 0.05) is 31.3 Å². The molecule has 0 spiro atoms. The van der Waals surface area contributed by atoms with Crippen molar-refractivity contribution in [3.63, 3.8) is 0 Å². The molecule has 0 amide bonds. The van der Waals surface area contributed by atoms with Crippen molar-refractivity contribution in [2.75, 3.05) is 13.2 Å². The van der Waals surface area contributed by atoms with Crippen LogP contribution in [0.1, 0.15) is 79.1 Å². The summed E-state index contributed by atoms with van der Waals surface area (Å²) in [6.45, 7) is 9.68. The van der Waals surface area contributed by atoms with E-state index in [-0.39, 0.29) is 5.97 Å². The highest BCUT2D eigenvalue weighted by atomic mass is 16.5. The van der Waals surface area contributed by atoms with Gasteiger partial charge in [-0.15, -0.1) is 0 Å². The van der Waals surface area contributed by atoms with E-state index in [0.29, 0.717) is 18.9 Å². The van der Waals surface area contributed by atoms with Gasteiger partial charge in [-0.05, 0) is 45.1 Å². The number of esters is 1. The fourth-order valence-electron chi connectivity index (χ4n) is 3.03. The molecule has 1 rings (SSSR count). The lowest BCUT2D eigenvalue weighted by molar-refractivity contribution is -0.143. The molecular formula is C22H37N3O2. The second kappa shape index (κ2) is 14.2. The fraction of sp³-hybridized carbons (Fsp3) is 0.682. The Hall–Kier alpha value is -1.91. The van der Waals surface area contributed by atoms with Crippen LogP contribution in [-0.2, 0) is 9.53 Å². The molecule has 0 aromatic heterocycles. The zero-order valence-corrected chi connectivity index (χ0v) is 17.6. The van der Waals surface area contributed by atoms with Crippen molar-refractivity contribution in [2.24, 2.45) is 15.9 Å². The summed E-state index contributed by atoms with van der Waals surface area (Å²) in [5.41, 5.74) is 0. The molecular weight excluding hydrogens is 338 g/mol. The maximum atomic E-state index is 11.4. The maximum Gasteiger partial charge on any atom is 0.305 e. The van der Waals surface area contributed by atoms with Crippen molar-refractivity contribution in [3.05, 3.63) is 24.2 Å². The average molecular weight is 376 g/mol. The molecule has 1 aliphatic rings. The number of allylic oxidation sites excluding steroid dienone is 2. The predicted molar refractivity (Wildman–Crippen MR) is 114 cm³/mol. The van der Waals surface area contributed by atoms with Crippen molar-refractivity contribution in [1.82, 2.24) is 4.90 Å². The molecule has 1 aliphatic heterocycles. The minimum absolute atomic E-state index is 0.0848. The molecule has 5 nitrogen and oxygen atoms in total. The van der Waals surface area contributed by atoms with E-state index in [1.165, 1.54) is 0 Å². The molecule has 1 atom stereocenters. The molecule has 0 aromatic rings. The third kappa shape index (κ3) is 9.03. The third-order valence-corrected chi connectivity index (χ3v) is 4.41. The Kier molecular flexibility index (Phi) is 12.2. The van der Waals surface area contributed by atoms with Crippen molar-refractivity contribution in [2.45, 2.75) is 79.1 Å². The van der Waals surface area contributed by atoms with Gasteiger partial charge in [-0.2, -0.15) is 0 Å². The minimum atomic E-state index is -0.0848. The van der Waals surface area contributed by atoms with Crippen molar-refractivity contribution < 1.29 is 9.53 Å². The first-order valence-corrected chi connectivity index (χ1v) is 10.5. The number of aliphatic imine (C=N–C) groups is 2. The van der Waals surface area contributed by atoms with Gasteiger partial charge in [0.05, 0.1) is 6.61 Å². The Balaban J connectivity index is 2.65. The van der Waals surface area contributed by atoms with Crippen LogP contribution < -0.4 is 0 Å². The highest BCUT2D eigenvalue weighted by Gasteiger charge is 2.21. The van der Waals surface area contributed by atoms with E-state index in [1.807, 2.05) is 19.3 Å². The molecule has 0 saturated heterocycles. The van der Waals surface area contributed by atoms with Gasteiger partial charge in [0.2, 0.25) is 0 Å². The number of hydrogen-bond acceptors (Lipinski definition) is 5. The lowest BCUT2D eigenvalue weighted by Gasteiger charge is -2.30. The van der Waals surface area contributed by atoms with Gasteiger partial charge in [0.25, 0.3) is 0 Å². The number of hydrogen-bond donors (Lipinski definition) is 0. The van der Waals surface area contributed by atoms with E-state index >= 15 is 0 Å². The maximum absolute atomic E-state index is 11.4. The quantitative estimate of drug-likeness (QED) is 0.258. The Morgan fingerprint density at radius 3 is 2.70 bits per heavy atom. The Morgan fingerprint density at radius 2 is 2.04 bits per heavy atom. The average Bonchev–Trinajstić information content (AvgIpc) is 2.66. The highest BCUT2D eigenvalue weighted by molar-refractivity contribution is 5.87. The normalized spacial score (nSPS) is 17.3. The van der Waals surface area contributed by atoms with E-state index in [0.717, 1.165) is 63.1 Å². The second-order valence-corrected chi connectivity index (χ2v) is 6.82. The highest BCUT2D eigenvalue weighted by Crippen LogP contribution is 2.21. The van der Waals surface area contributed by atoms with Crippen molar-refractivity contribution >= 4 is 18.0 Å². The van der Waals surface area contributed by atoms with Crippen LogP contribution in [0.25, 0.3) is 0 Å². The molecule has 0 aliphatic carbocycles. The lowest BCUT2D eigenvalue weighted by atomic mass is 10.0. The van der Waals surface area contributed by atoms with Crippen LogP contribution >= 0.6 is 0 Å². The van der Waals surface area contributed by atoms with Crippen molar-refractivity contribution in [3.8, 4) is 0 Å². The summed E-state index contributed by atoms with van der Waals surface area (Å²) in [5.74, 6) is 2.43. The molecule has 0 saturated carbocycles. The van der Waals surface area contributed by atoms with E-state index < -0.39 is 0 Å². The molecule has 0 N–H and O–H groups in total. The number of carbonyl (C=O) groups excluding carboxylic acids is 1. The minimum Gasteiger partial charge on any atom is -0.466 e. The Labute approximate surface area is 165 Å². The van der Waals surface area contributed by atoms with Gasteiger partial charge in [0.1, 0.15) is 11.7 Å². The number of nitrogens with zero attached hydrogens (tertiary/aromatic N) is 3. The topological polar surface area (TPSA) is 54.3 Å². The zero-order chi connectivity index (χ0) is 19.9. The van der Waals surface area contributed by atoms with Gasteiger partial charge >= 0.3 is 5.97 Å². The smallest absolute Gasteiger partial charge is 0.305 e. The SMILES string of the molecule is CCC=N/C(=C\CC)N(CCCCCCC(=O)OCC)C1=NC=CCC1C. The summed E-state index contributed by atoms with van der Waals surface area (Å²) in [6, 6.07) is 0. The summed E-state index contributed by atoms with van der Waals surface area (Å²) in [6.07, 6.45) is 15.7. The molecule has 0 bridgehead atoms. The summed E-state index contributed by atoms with van der Waals surface area (Å²) in [4.78, 5) is 23.1. The second-order valence-electron chi connectivity index (χ2n) is 6.82. The first-order valence-electron chi connectivity index (χ1n) is 10.5. The molecule has 27 heavy (non-hydrogen) atoms. The summed E-state index contributed by atoms with van der Waals surface area (Å²) in [7, 11) is 0. The van der Waals surface area contributed by atoms with E-state index in [9.17, 15) is 4.79 Å². The van der Waals surface area contributed by atoms with Crippen LogP contribution in [0.5, 0.6) is 0 Å². The Bertz CT molecular complexity index is 550. The van der Waals surface area contributed by atoms with Crippen LogP contribution in [0.3, 0.4) is 0 Å². The number of carbonyl (C=O) groups is 1. The summed E-state index contributed by atoms with van der Waals surface area (Å²) >= 11 is 0. The van der Waals surface area contributed by atoms with Gasteiger partial charge in [-0.1, -0.05) is 39.7 Å². The summed E-state index contributed by atoms with van der Waals surface area (Å²) < 4.78 is 4.98. The van der Waals surface area contributed by atoms with Gasteiger partial charge in [-0.25, -0.2) is 9.98 Å². The zero-order valence-electron chi connectivity index (χ0n) is 17.6. The van der Waals surface area contributed by atoms with E-state index in [2.05, 4.69) is 42.8 Å². The molecule has 1 heterocycles. The molecule has 0 fully saturated rings. The third-order valence-electron chi connectivity index (χ3n) is 4.41. The lowest BCUT2D eigenvalue weighted by Crippen LogP contribution is -2.36. The van der Waals surface area contributed by atoms with Gasteiger partial charge in [0.15, 0.2) is 0 Å². The monoisotopic (exact) mass is 375 g/mol. The predicted octanol–water partition coefficient (Wildman–Crippen LogP) is 5.49. The molecule has 5 heteroatoms. The Morgan fingerprint density at radius 1 is 1.26 bits per heavy atom. The van der Waals surface area contributed by atoms with Crippen LogP contribution in [0.4, 0.5) is 0 Å². The number of unbranched alkanes of at least 4 members (excludes halogenated alkanes) is 3. The van der Waals surface area contributed by atoms with Gasteiger partial charge in [-0.3, -0.25) is 4.79 Å². The van der Waals surface area contributed by atoms with E-state index in [4.69, 9.17) is 9.73 Å². The molecule has 152 valence electrons. The van der Waals surface area contributed by atoms with E-state index in [1.54, 1.807) is 0 Å². The first kappa shape index (κ1) is 23.1. The number of ether oxygens (including phenoxy) is 1. The molecule has 0 radical (unpaired) electrons. The van der Waals surface area contributed by atoms with Crippen LogP contribution in [0.15, 0.2) is 34.2 Å². The van der Waals surface area contributed by atoms with Gasteiger partial charge < -0.3 is 9.64 Å². The van der Waals surface area contributed by atoms with Crippen LogP contribution in [0, 0.1) is 5.92 Å². The molecule has 1 unspecified atom stereocenters. The molecule has 0 aromatic carbocycles. The number of rotatable bonds is 12.